The van der Waals surface area contributed by atoms with Crippen molar-refractivity contribution in [3.63, 3.8) is 0 Å². The third-order valence-corrected chi connectivity index (χ3v) is 6.26. The van der Waals surface area contributed by atoms with Gasteiger partial charge in [-0.25, -0.2) is 23.5 Å². The molecule has 1 aromatic carbocycles. The molecule has 3 aromatic heterocycles. The molecule has 1 amide bonds. The Balaban J connectivity index is 1.52. The second kappa shape index (κ2) is 8.53. The number of methoxy groups -OCH3 is 1. The van der Waals surface area contributed by atoms with Crippen LogP contribution in [0.1, 0.15) is 52.4 Å². The number of likely N-dealkylation sites (tertiary alicyclic amines) is 1. The zero-order valence-electron chi connectivity index (χ0n) is 18.9. The van der Waals surface area contributed by atoms with E-state index in [0.717, 1.165) is 12.1 Å². The molecule has 2 atom stereocenters. The molecule has 1 saturated heterocycles. The van der Waals surface area contributed by atoms with Crippen molar-refractivity contribution in [2.75, 3.05) is 19.4 Å². The highest BCUT2D eigenvalue weighted by Gasteiger charge is 2.35. The van der Waals surface area contributed by atoms with Crippen molar-refractivity contribution in [3.8, 4) is 0 Å². The number of amides is 1. The molecule has 4 heterocycles. The maximum atomic E-state index is 14.3. The fraction of sp³-hybridized carbons (Fsp3) is 0.304. The molecule has 0 bridgehead atoms. The van der Waals surface area contributed by atoms with Crippen molar-refractivity contribution < 1.29 is 23.1 Å². The highest BCUT2D eigenvalue weighted by Crippen LogP contribution is 2.31. The van der Waals surface area contributed by atoms with E-state index in [1.807, 2.05) is 6.92 Å². The second-order valence-electron chi connectivity index (χ2n) is 8.43. The first-order valence-corrected chi connectivity index (χ1v) is 10.9. The third-order valence-electron chi connectivity index (χ3n) is 6.26. The van der Waals surface area contributed by atoms with Crippen molar-refractivity contribution in [2.45, 2.75) is 31.7 Å². The normalized spacial score (nSPS) is 18.2. The number of rotatable bonds is 3. The molecule has 0 aliphatic carbocycles. The number of carbonyl (C=O) groups excluding carboxylic acids is 2. The van der Waals surface area contributed by atoms with Gasteiger partial charge in [-0.2, -0.15) is 4.52 Å². The largest absolute Gasteiger partial charge is 0.465 e. The lowest BCUT2D eigenvalue weighted by molar-refractivity contribution is 0.0555. The zero-order valence-corrected chi connectivity index (χ0v) is 18.9. The Labute approximate surface area is 197 Å². The zero-order chi connectivity index (χ0) is 24.9. The quantitative estimate of drug-likeness (QED) is 0.443. The Morgan fingerprint density at radius 3 is 2.77 bits per heavy atom. The van der Waals surface area contributed by atoms with Gasteiger partial charge in [0.2, 0.25) is 5.95 Å². The predicted molar refractivity (Wildman–Crippen MR) is 121 cm³/mol. The van der Waals surface area contributed by atoms with Crippen LogP contribution in [0.2, 0.25) is 0 Å². The van der Waals surface area contributed by atoms with Gasteiger partial charge in [-0.1, -0.05) is 0 Å². The summed E-state index contributed by atoms with van der Waals surface area (Å²) in [4.78, 5) is 39.8. The number of fused-ring (bicyclic) bond motifs is 3. The number of ether oxygens (including phenoxy) is 1. The maximum Gasteiger partial charge on any atom is 0.340 e. The number of aromatic nitrogens is 5. The number of nitrogen functional groups attached to an aromatic ring is 1. The van der Waals surface area contributed by atoms with E-state index in [2.05, 4.69) is 20.1 Å². The van der Waals surface area contributed by atoms with Crippen molar-refractivity contribution in [3.05, 3.63) is 59.2 Å². The van der Waals surface area contributed by atoms with Gasteiger partial charge in [-0.15, -0.1) is 5.10 Å². The van der Waals surface area contributed by atoms with Gasteiger partial charge >= 0.3 is 5.97 Å². The van der Waals surface area contributed by atoms with Crippen LogP contribution in [-0.2, 0) is 4.74 Å². The van der Waals surface area contributed by atoms with Gasteiger partial charge in [0.15, 0.2) is 17.3 Å². The summed E-state index contributed by atoms with van der Waals surface area (Å²) in [6.07, 6.45) is 2.75. The number of carbonyl (C=O) groups is 2. The maximum absolute atomic E-state index is 14.3. The number of hydrogen-bond donors (Lipinski definition) is 1. The predicted octanol–water partition coefficient (Wildman–Crippen LogP) is 2.73. The van der Waals surface area contributed by atoms with Gasteiger partial charge in [0.25, 0.3) is 5.91 Å². The van der Waals surface area contributed by atoms with Crippen molar-refractivity contribution >= 4 is 34.4 Å². The minimum atomic E-state index is -0.848. The van der Waals surface area contributed by atoms with E-state index in [-0.39, 0.29) is 52.3 Å². The summed E-state index contributed by atoms with van der Waals surface area (Å²) in [6, 6.07) is 4.78. The van der Waals surface area contributed by atoms with E-state index in [0.29, 0.717) is 18.7 Å². The van der Waals surface area contributed by atoms with Crippen LogP contribution in [0.3, 0.4) is 0 Å². The molecule has 0 radical (unpaired) electrons. The molecule has 5 rings (SSSR count). The summed E-state index contributed by atoms with van der Waals surface area (Å²) < 4.78 is 34.2. The fourth-order valence-corrected chi connectivity index (χ4v) is 4.43. The number of esters is 1. The molecule has 0 unspecified atom stereocenters. The van der Waals surface area contributed by atoms with Crippen LogP contribution in [0.25, 0.3) is 16.6 Å². The standard InChI is InChI=1S/C23H21F2N7O3/c1-11-5-6-12(10-31(11)21(33)18-14(22(34)35-2)4-3-7-27-18)19-29-20-15-8-13(24)9-16(25)17(15)28-23(26)32(20)30-19/h3-4,7-9,11-12H,5-6,10H2,1-2H3,(H2,26,28)/t11-,12+/m0/s1. The second-order valence-corrected chi connectivity index (χ2v) is 8.43. The van der Waals surface area contributed by atoms with Gasteiger partial charge in [-0.3, -0.25) is 9.78 Å². The van der Waals surface area contributed by atoms with Gasteiger partial charge in [-0.05, 0) is 38.0 Å². The van der Waals surface area contributed by atoms with Crippen molar-refractivity contribution in [1.29, 1.82) is 0 Å². The molecule has 180 valence electrons. The molecular weight excluding hydrogens is 460 g/mol. The van der Waals surface area contributed by atoms with E-state index in [4.69, 9.17) is 10.5 Å². The number of piperidine rings is 1. The SMILES string of the molecule is COC(=O)c1cccnc1C(=O)N1C[C@H](c2nc3c4cc(F)cc(F)c4nc(N)n3n2)CC[C@@H]1C. The molecule has 0 saturated carbocycles. The van der Waals surface area contributed by atoms with Crippen LogP contribution in [0.4, 0.5) is 14.7 Å². The number of benzene rings is 1. The summed E-state index contributed by atoms with van der Waals surface area (Å²) in [5.74, 6) is -2.69. The molecule has 12 heteroatoms. The van der Waals surface area contributed by atoms with Crippen LogP contribution < -0.4 is 5.73 Å². The Morgan fingerprint density at radius 2 is 2.00 bits per heavy atom. The van der Waals surface area contributed by atoms with E-state index in [1.165, 1.54) is 23.9 Å². The van der Waals surface area contributed by atoms with Crippen molar-refractivity contribution in [2.24, 2.45) is 0 Å². The van der Waals surface area contributed by atoms with E-state index >= 15 is 0 Å². The number of halogens is 2. The Morgan fingerprint density at radius 1 is 1.20 bits per heavy atom. The number of hydrogen-bond acceptors (Lipinski definition) is 8. The van der Waals surface area contributed by atoms with Gasteiger partial charge in [0.05, 0.1) is 18.1 Å². The molecule has 1 aliphatic rings. The minimum Gasteiger partial charge on any atom is -0.465 e. The molecule has 10 nitrogen and oxygen atoms in total. The lowest BCUT2D eigenvalue weighted by atomic mass is 9.92. The molecule has 35 heavy (non-hydrogen) atoms. The number of anilines is 1. The lowest BCUT2D eigenvalue weighted by Crippen LogP contribution is -2.45. The van der Waals surface area contributed by atoms with E-state index < -0.39 is 23.5 Å². The third kappa shape index (κ3) is 3.80. The smallest absolute Gasteiger partial charge is 0.340 e. The van der Waals surface area contributed by atoms with Gasteiger partial charge in [0, 0.05) is 30.8 Å². The summed E-state index contributed by atoms with van der Waals surface area (Å²) in [7, 11) is 1.24. The van der Waals surface area contributed by atoms with Gasteiger partial charge < -0.3 is 15.4 Å². The summed E-state index contributed by atoms with van der Waals surface area (Å²) in [5, 5.41) is 4.58. The lowest BCUT2D eigenvalue weighted by Gasteiger charge is -2.37. The first kappa shape index (κ1) is 22.6. The topological polar surface area (TPSA) is 129 Å². The van der Waals surface area contributed by atoms with E-state index in [9.17, 15) is 18.4 Å². The molecule has 1 aliphatic heterocycles. The monoisotopic (exact) mass is 481 g/mol. The van der Waals surface area contributed by atoms with E-state index in [1.54, 1.807) is 11.0 Å². The van der Waals surface area contributed by atoms with Crippen LogP contribution in [0.15, 0.2) is 30.5 Å². The Hall–Kier alpha value is -4.22. The number of nitrogens with two attached hydrogens (primary N) is 1. The number of pyridine rings is 1. The van der Waals surface area contributed by atoms with Crippen LogP contribution >= 0.6 is 0 Å². The fourth-order valence-electron chi connectivity index (χ4n) is 4.43. The highest BCUT2D eigenvalue weighted by atomic mass is 19.1. The Bertz CT molecular complexity index is 1490. The van der Waals surface area contributed by atoms with Gasteiger partial charge in [0.1, 0.15) is 17.0 Å². The molecule has 1 fully saturated rings. The minimum absolute atomic E-state index is 0.000185. The molecular formula is C23H21F2N7O3. The average Bonchev–Trinajstić information content (AvgIpc) is 3.31. The Kier molecular flexibility index (Phi) is 5.50. The van der Waals surface area contributed by atoms with Crippen molar-refractivity contribution in [1.82, 2.24) is 29.5 Å². The van der Waals surface area contributed by atoms with Crippen LogP contribution in [0, 0.1) is 11.6 Å². The van der Waals surface area contributed by atoms with Crippen LogP contribution in [-0.4, -0.2) is 61.0 Å². The first-order valence-electron chi connectivity index (χ1n) is 10.9. The molecule has 2 N–H and O–H groups in total. The molecule has 4 aromatic rings. The average molecular weight is 481 g/mol. The summed E-state index contributed by atoms with van der Waals surface area (Å²) in [6.45, 7) is 2.16. The highest BCUT2D eigenvalue weighted by molar-refractivity contribution is 6.04. The molecule has 0 spiro atoms. The first-order chi connectivity index (χ1) is 16.8. The van der Waals surface area contributed by atoms with Crippen LogP contribution in [0.5, 0.6) is 0 Å². The summed E-state index contributed by atoms with van der Waals surface area (Å²) >= 11 is 0. The summed E-state index contributed by atoms with van der Waals surface area (Å²) in [5.41, 5.74) is 6.13. The number of nitrogens with zero attached hydrogens (tertiary/aromatic N) is 6.